The van der Waals surface area contributed by atoms with Crippen molar-refractivity contribution in [2.45, 2.75) is 18.1 Å². The molecular formula is C15H18N4O3. The number of benzene rings is 1. The van der Waals surface area contributed by atoms with Crippen molar-refractivity contribution in [3.8, 4) is 0 Å². The van der Waals surface area contributed by atoms with Gasteiger partial charge in [-0.05, 0) is 12.5 Å². The average molecular weight is 302 g/mol. The van der Waals surface area contributed by atoms with Crippen LogP contribution < -0.4 is 0 Å². The Morgan fingerprint density at radius 1 is 1.32 bits per heavy atom. The van der Waals surface area contributed by atoms with E-state index >= 15 is 0 Å². The van der Waals surface area contributed by atoms with Gasteiger partial charge in [-0.15, -0.1) is 5.10 Å². The lowest BCUT2D eigenvalue weighted by Crippen LogP contribution is -2.64. The van der Waals surface area contributed by atoms with E-state index in [0.29, 0.717) is 11.3 Å². The van der Waals surface area contributed by atoms with E-state index in [1.807, 2.05) is 6.07 Å². The fourth-order valence-corrected chi connectivity index (χ4v) is 2.80. The van der Waals surface area contributed by atoms with Crippen LogP contribution in [0.15, 0.2) is 36.5 Å². The molecule has 0 aliphatic carbocycles. The van der Waals surface area contributed by atoms with Gasteiger partial charge in [-0.3, -0.25) is 4.79 Å². The van der Waals surface area contributed by atoms with Crippen molar-refractivity contribution in [1.82, 2.24) is 19.9 Å². The summed E-state index contributed by atoms with van der Waals surface area (Å²) in [7, 11) is 1.69. The van der Waals surface area contributed by atoms with Gasteiger partial charge in [-0.25, -0.2) is 4.68 Å². The van der Waals surface area contributed by atoms with Crippen LogP contribution in [-0.4, -0.2) is 49.1 Å². The Kier molecular flexibility index (Phi) is 3.26. The van der Waals surface area contributed by atoms with Crippen LogP contribution in [0.2, 0.25) is 0 Å². The number of nitrogens with zero attached hydrogens (tertiary/aromatic N) is 4. The van der Waals surface area contributed by atoms with Gasteiger partial charge in [0.2, 0.25) is 0 Å². The Balaban J connectivity index is 1.75. The smallest absolute Gasteiger partial charge is 0.259 e. The molecule has 1 amide bonds. The highest BCUT2D eigenvalue weighted by atomic mass is 16.3. The molecule has 0 bridgehead atoms. The quantitative estimate of drug-likeness (QED) is 0.816. The first kappa shape index (κ1) is 14.7. The van der Waals surface area contributed by atoms with E-state index in [4.69, 9.17) is 0 Å². The number of rotatable bonds is 3. The summed E-state index contributed by atoms with van der Waals surface area (Å²) in [6.07, 6.45) is 1.48. The highest BCUT2D eigenvalue weighted by molar-refractivity contribution is 5.86. The molecule has 1 saturated heterocycles. The molecule has 2 aromatic rings. The van der Waals surface area contributed by atoms with Crippen LogP contribution >= 0.6 is 0 Å². The number of β-amino-alcohol motifs (C(OH)–C–C–N with tert-alkyl or cyclic N) is 1. The summed E-state index contributed by atoms with van der Waals surface area (Å²) in [6.45, 7) is 1.68. The third-order valence-corrected chi connectivity index (χ3v) is 4.14. The van der Waals surface area contributed by atoms with Crippen LogP contribution in [0.4, 0.5) is 0 Å². The maximum atomic E-state index is 12.5. The minimum atomic E-state index is -1.62. The molecule has 1 fully saturated rings. The predicted octanol–water partition coefficient (Wildman–Crippen LogP) is -0.247. The fourth-order valence-electron chi connectivity index (χ4n) is 2.80. The Labute approximate surface area is 127 Å². The highest BCUT2D eigenvalue weighted by Gasteiger charge is 2.50. The van der Waals surface area contributed by atoms with Gasteiger partial charge in [0.25, 0.3) is 5.91 Å². The molecule has 1 atom stereocenters. The summed E-state index contributed by atoms with van der Waals surface area (Å²) < 4.78 is 1.48. The molecule has 1 aliphatic heterocycles. The summed E-state index contributed by atoms with van der Waals surface area (Å²) in [5.41, 5.74) is -1.71. The molecule has 2 heterocycles. The zero-order valence-electron chi connectivity index (χ0n) is 12.5. The summed E-state index contributed by atoms with van der Waals surface area (Å²) >= 11 is 0. The van der Waals surface area contributed by atoms with Crippen LogP contribution in [0.25, 0.3) is 0 Å². The molecule has 2 N–H and O–H groups in total. The maximum Gasteiger partial charge on any atom is 0.259 e. The van der Waals surface area contributed by atoms with Gasteiger partial charge in [0.05, 0.1) is 25.0 Å². The molecule has 0 unspecified atom stereocenters. The van der Waals surface area contributed by atoms with E-state index in [-0.39, 0.29) is 13.1 Å². The summed E-state index contributed by atoms with van der Waals surface area (Å²) in [6, 6.07) is 8.77. The second-order valence-corrected chi connectivity index (χ2v) is 5.87. The van der Waals surface area contributed by atoms with E-state index in [1.165, 1.54) is 22.7 Å². The number of hydrogen-bond acceptors (Lipinski definition) is 5. The Bertz CT molecular complexity index is 690. The maximum absolute atomic E-state index is 12.5. The molecule has 1 aromatic carbocycles. The van der Waals surface area contributed by atoms with Crippen LogP contribution in [0, 0.1) is 0 Å². The van der Waals surface area contributed by atoms with Crippen molar-refractivity contribution in [3.05, 3.63) is 47.8 Å². The molecule has 7 heteroatoms. The molecule has 0 saturated carbocycles. The van der Waals surface area contributed by atoms with E-state index in [0.717, 1.165) is 0 Å². The lowest BCUT2D eigenvalue weighted by molar-refractivity contribution is -0.176. The number of aryl methyl sites for hydroxylation is 1. The molecular weight excluding hydrogens is 284 g/mol. The van der Waals surface area contributed by atoms with E-state index in [9.17, 15) is 15.0 Å². The minimum Gasteiger partial charge on any atom is -0.380 e. The lowest BCUT2D eigenvalue weighted by atomic mass is 9.86. The summed E-state index contributed by atoms with van der Waals surface area (Å²) in [4.78, 5) is 13.9. The standard InChI is InChI=1S/C15H18N4O3/c1-14(21,11-6-4-3-5-7-11)13(20)19-9-15(22,10-19)12-8-16-17-18(12)2/h3-8,21-22H,9-10H2,1-2H3/t14-/m0/s1. The van der Waals surface area contributed by atoms with Crippen LogP contribution in [0.3, 0.4) is 0 Å². The molecule has 116 valence electrons. The van der Waals surface area contributed by atoms with Gasteiger partial charge >= 0.3 is 0 Å². The first-order chi connectivity index (χ1) is 10.3. The Hall–Kier alpha value is -2.25. The second kappa shape index (κ2) is 4.89. The predicted molar refractivity (Wildman–Crippen MR) is 77.5 cm³/mol. The molecule has 0 spiro atoms. The SMILES string of the molecule is Cn1nncc1C1(O)CN(C(=O)[C@@](C)(O)c2ccccc2)C1. The minimum absolute atomic E-state index is 0.107. The van der Waals surface area contributed by atoms with Crippen molar-refractivity contribution < 1.29 is 15.0 Å². The van der Waals surface area contributed by atoms with Gasteiger partial charge in [0.1, 0.15) is 5.60 Å². The van der Waals surface area contributed by atoms with Gasteiger partial charge in [-0.1, -0.05) is 35.5 Å². The molecule has 1 aliphatic rings. The van der Waals surface area contributed by atoms with Crippen molar-refractivity contribution in [3.63, 3.8) is 0 Å². The monoisotopic (exact) mass is 302 g/mol. The fraction of sp³-hybridized carbons (Fsp3) is 0.400. The summed E-state index contributed by atoms with van der Waals surface area (Å²) in [5.74, 6) is -0.432. The first-order valence-electron chi connectivity index (χ1n) is 6.99. The number of carbonyl (C=O) groups excluding carboxylic acids is 1. The van der Waals surface area contributed by atoms with Crippen molar-refractivity contribution in [1.29, 1.82) is 0 Å². The van der Waals surface area contributed by atoms with Crippen molar-refractivity contribution >= 4 is 5.91 Å². The van der Waals surface area contributed by atoms with Crippen LogP contribution in [-0.2, 0) is 23.0 Å². The zero-order chi connectivity index (χ0) is 16.0. The summed E-state index contributed by atoms with van der Waals surface area (Å²) in [5, 5.41) is 28.6. The first-order valence-corrected chi connectivity index (χ1v) is 6.99. The topological polar surface area (TPSA) is 91.5 Å². The van der Waals surface area contributed by atoms with E-state index in [1.54, 1.807) is 31.3 Å². The number of amides is 1. The molecule has 3 rings (SSSR count). The lowest BCUT2D eigenvalue weighted by Gasteiger charge is -2.48. The molecule has 1 aromatic heterocycles. The van der Waals surface area contributed by atoms with Gasteiger partial charge in [0, 0.05) is 7.05 Å². The zero-order valence-corrected chi connectivity index (χ0v) is 12.5. The van der Waals surface area contributed by atoms with Gasteiger partial charge in [0.15, 0.2) is 5.60 Å². The normalized spacial score (nSPS) is 19.4. The Morgan fingerprint density at radius 3 is 2.50 bits per heavy atom. The van der Waals surface area contributed by atoms with Gasteiger partial charge < -0.3 is 15.1 Å². The van der Waals surface area contributed by atoms with Crippen LogP contribution in [0.5, 0.6) is 0 Å². The largest absolute Gasteiger partial charge is 0.380 e. The number of aliphatic hydroxyl groups is 2. The average Bonchev–Trinajstić information content (AvgIpc) is 2.90. The third kappa shape index (κ3) is 2.18. The molecule has 7 nitrogen and oxygen atoms in total. The Morgan fingerprint density at radius 2 is 1.95 bits per heavy atom. The number of aromatic nitrogens is 3. The number of hydrogen-bond donors (Lipinski definition) is 2. The van der Waals surface area contributed by atoms with E-state index < -0.39 is 17.1 Å². The van der Waals surface area contributed by atoms with Gasteiger partial charge in [-0.2, -0.15) is 0 Å². The highest BCUT2D eigenvalue weighted by Crippen LogP contribution is 2.34. The van der Waals surface area contributed by atoms with Crippen molar-refractivity contribution in [2.75, 3.05) is 13.1 Å². The number of carbonyl (C=O) groups is 1. The molecule has 0 radical (unpaired) electrons. The third-order valence-electron chi connectivity index (χ3n) is 4.14. The van der Waals surface area contributed by atoms with Crippen molar-refractivity contribution in [2.24, 2.45) is 7.05 Å². The number of likely N-dealkylation sites (tertiary alicyclic amines) is 1. The molecule has 22 heavy (non-hydrogen) atoms. The van der Waals surface area contributed by atoms with Crippen LogP contribution in [0.1, 0.15) is 18.2 Å². The second-order valence-electron chi connectivity index (χ2n) is 5.87. The van der Waals surface area contributed by atoms with E-state index in [2.05, 4.69) is 10.3 Å².